The van der Waals surface area contributed by atoms with Crippen LogP contribution in [0.1, 0.15) is 390 Å². The van der Waals surface area contributed by atoms with Crippen LogP contribution in [0.5, 0.6) is 0 Å². The lowest BCUT2D eigenvalue weighted by Crippen LogP contribution is -2.46. The van der Waals surface area contributed by atoms with Crippen LogP contribution in [0, 0.1) is 46.3 Å². The van der Waals surface area contributed by atoms with Crippen molar-refractivity contribution in [1.29, 1.82) is 0 Å². The van der Waals surface area contributed by atoms with Gasteiger partial charge in [0.25, 0.3) is 0 Å². The zero-order valence-corrected chi connectivity index (χ0v) is 84.3. The van der Waals surface area contributed by atoms with Gasteiger partial charge in [0.1, 0.15) is 0 Å². The largest absolute Gasteiger partial charge is 0.391 e. The SMILES string of the molecule is C.C.C.C.C.C.C.C.C.C.CN1CC(CCC(C)(C)C)C1.CN1CC(COC(C)(C)C)C1.CN1CCC(CC(O)COC(C)(C)C)C1.CN1CCC(CCC(C)(C)C)C1.CN1CCC(CCCOC(C)(C)C)C1.CN1CCC(COC(C)(C)C)C1.CN1CCCC1CC(O)COC(C)(C)C.CN1CCCC1CCCOC(C)(C)C.CN1CCCC1COC(C)(C)C. The van der Waals surface area contributed by atoms with Crippen LogP contribution in [0.4, 0.5) is 0 Å². The van der Waals surface area contributed by atoms with E-state index in [1.54, 1.807) is 0 Å². The topological polar surface area (TPSA) is 134 Å². The van der Waals surface area contributed by atoms with Crippen LogP contribution in [0.25, 0.3) is 0 Å². The first-order chi connectivity index (χ1) is 53.1. The summed E-state index contributed by atoms with van der Waals surface area (Å²) in [6.45, 7) is 82.0. The molecule has 0 aliphatic carbocycles. The van der Waals surface area contributed by atoms with E-state index in [-0.39, 0.29) is 126 Å². The van der Waals surface area contributed by atoms with E-state index < -0.39 is 0 Å². The molecule has 9 aliphatic rings. The van der Waals surface area contributed by atoms with Gasteiger partial charge in [0, 0.05) is 89.6 Å². The second kappa shape index (κ2) is 71.7. The highest BCUT2D eigenvalue weighted by Gasteiger charge is 2.31. The van der Waals surface area contributed by atoms with Crippen molar-refractivity contribution in [2.75, 3.05) is 208 Å². The van der Waals surface area contributed by atoms with E-state index in [1.165, 1.54) is 194 Å². The molecule has 2 N–H and O–H groups in total. The fourth-order valence-electron chi connectivity index (χ4n) is 16.0. The molecule has 126 heavy (non-hydrogen) atoms. The Morgan fingerprint density at radius 2 is 0.524 bits per heavy atom. The zero-order valence-electron chi connectivity index (χ0n) is 84.3. The number of rotatable bonds is 26. The number of aliphatic hydroxyl groups excluding tert-OH is 2. The average Bonchev–Trinajstić information content (AvgIpc) is 1.38. The molecule has 776 valence electrons. The van der Waals surface area contributed by atoms with Gasteiger partial charge >= 0.3 is 0 Å². The molecular formula is C108H245N9O9. The van der Waals surface area contributed by atoms with E-state index in [0.717, 1.165) is 101 Å². The molecule has 0 bridgehead atoms. The lowest BCUT2D eigenvalue weighted by molar-refractivity contribution is -0.0545. The normalized spacial score (nSPS) is 23.0. The molecule has 9 heterocycles. The number of likely N-dealkylation sites (tertiary alicyclic amines) is 9. The minimum atomic E-state index is -0.324. The second-order valence-electron chi connectivity index (χ2n) is 47.0. The van der Waals surface area contributed by atoms with Gasteiger partial charge < -0.3 is 87.5 Å². The number of hydrogen-bond acceptors (Lipinski definition) is 18. The maximum absolute atomic E-state index is 9.84. The molecule has 0 aromatic heterocycles. The Hall–Kier alpha value is -0.720. The van der Waals surface area contributed by atoms with Crippen molar-refractivity contribution in [3.05, 3.63) is 0 Å². The van der Waals surface area contributed by atoms with Crippen molar-refractivity contribution in [1.82, 2.24) is 44.1 Å². The third-order valence-corrected chi connectivity index (χ3v) is 23.1. The summed E-state index contributed by atoms with van der Waals surface area (Å²) in [5, 5.41) is 19.7. The van der Waals surface area contributed by atoms with Crippen LogP contribution < -0.4 is 0 Å². The van der Waals surface area contributed by atoms with E-state index in [9.17, 15) is 10.2 Å². The summed E-state index contributed by atoms with van der Waals surface area (Å²) in [5.41, 5.74) is 0.915. The molecule has 0 amide bonds. The highest BCUT2D eigenvalue weighted by atomic mass is 16.5. The molecule has 18 nitrogen and oxygen atoms in total. The van der Waals surface area contributed by atoms with E-state index in [2.05, 4.69) is 253 Å². The molecule has 9 fully saturated rings. The number of likely N-dealkylation sites (N-methyl/N-ethyl adjacent to an activating group) is 1. The second-order valence-corrected chi connectivity index (χ2v) is 47.0. The predicted molar refractivity (Wildman–Crippen MR) is 566 cm³/mol. The molecule has 9 aliphatic heterocycles. The fourth-order valence-corrected chi connectivity index (χ4v) is 16.0. The Morgan fingerprint density at radius 3 is 0.833 bits per heavy atom. The van der Waals surface area contributed by atoms with Crippen LogP contribution in [0.2, 0.25) is 0 Å². The average molecular weight is 1810 g/mol. The summed E-state index contributed by atoms with van der Waals surface area (Å²) < 4.78 is 39.7. The van der Waals surface area contributed by atoms with Gasteiger partial charge in [-0.1, -0.05) is 116 Å². The van der Waals surface area contributed by atoms with E-state index in [1.807, 2.05) is 41.5 Å². The molecule has 0 aromatic rings. The van der Waals surface area contributed by atoms with Gasteiger partial charge in [-0.05, 0) is 423 Å². The monoisotopic (exact) mass is 1810 g/mol. The van der Waals surface area contributed by atoms with Crippen LogP contribution >= 0.6 is 0 Å². The Balaban J connectivity index is -0.000000149. The quantitative estimate of drug-likeness (QED) is 0.0795. The molecule has 0 aromatic carbocycles. The summed E-state index contributed by atoms with van der Waals surface area (Å²) in [7, 11) is 19.7. The minimum Gasteiger partial charge on any atom is -0.391 e. The molecule has 0 radical (unpaired) electrons. The molecule has 0 saturated carbocycles. The number of aliphatic hydroxyl groups is 2. The number of hydrogen-bond donors (Lipinski definition) is 2. The third kappa shape index (κ3) is 85.0. The van der Waals surface area contributed by atoms with Gasteiger partial charge in [-0.2, -0.15) is 0 Å². The fraction of sp³-hybridized carbons (Fsp3) is 1.00. The molecule has 9 atom stereocenters. The smallest absolute Gasteiger partial charge is 0.0788 e. The van der Waals surface area contributed by atoms with Gasteiger partial charge in [0.15, 0.2) is 0 Å². The highest BCUT2D eigenvalue weighted by molar-refractivity contribution is 4.84. The van der Waals surface area contributed by atoms with Crippen LogP contribution in [0.3, 0.4) is 0 Å². The van der Waals surface area contributed by atoms with Crippen molar-refractivity contribution < 1.29 is 43.4 Å². The standard InChI is InChI=1S/2C12H25NO2.2C12H25NO.C11H23N.2C10H21NO.C10H21N.C9H19NO.10CH4/c1-12(2,3)15-9-11(14)7-10-5-6-13(4)8-10;1-12(2,3)15-9-11(14)8-10-6-5-7-13(10)4;1-12(2,3)14-10-6-8-11-7-5-9-13(11)4;1-12(2,3)14-9-5-6-11-7-8-13(4)10-11;1-11(2,3)7-5-10-6-8-12(4)9-10;1-10(2,3)12-8-9-5-6-11(4)7-9;1-10(2,3)12-8-9-6-5-7-11(9)4;1-10(2,3)6-5-9-7-11(4)8-9;1-9(2,3)11-7-8-5-10(4)6-8;;;;;;;;;;/h2*10-11,14H,5-9H2,1-4H3;2*11H,5-10H2,1-4H3;10H,5-9H2,1-4H3;2*9H,5-8H2,1-4H3;9H,5-8H2,1-4H3;8H,5-7H2,1-4H3;10*1H4. The summed E-state index contributed by atoms with van der Waals surface area (Å²) >= 11 is 0. The minimum absolute atomic E-state index is 0. The van der Waals surface area contributed by atoms with Crippen molar-refractivity contribution in [2.45, 2.75) is 459 Å². The Labute approximate surface area is 796 Å². The van der Waals surface area contributed by atoms with Crippen molar-refractivity contribution in [3.63, 3.8) is 0 Å². The Bertz CT molecular complexity index is 2320. The van der Waals surface area contributed by atoms with Crippen molar-refractivity contribution in [2.24, 2.45) is 46.3 Å². The Kier molecular flexibility index (Phi) is 82.9. The predicted octanol–water partition coefficient (Wildman–Crippen LogP) is 24.9. The van der Waals surface area contributed by atoms with Crippen molar-refractivity contribution in [3.8, 4) is 0 Å². The van der Waals surface area contributed by atoms with Gasteiger partial charge in [-0.15, -0.1) is 0 Å². The van der Waals surface area contributed by atoms with Crippen LogP contribution in [0.15, 0.2) is 0 Å². The first-order valence-electron chi connectivity index (χ1n) is 47.1. The summed E-state index contributed by atoms with van der Waals surface area (Å²) in [4.78, 5) is 21.5. The number of nitrogens with zero attached hydrogens (tertiary/aromatic N) is 9. The molecular weight excluding hydrogens is 1570 g/mol. The lowest BCUT2D eigenvalue weighted by atomic mass is 9.84. The first kappa shape index (κ1) is 146. The van der Waals surface area contributed by atoms with Gasteiger partial charge in [-0.25, -0.2) is 0 Å². The van der Waals surface area contributed by atoms with Crippen LogP contribution in [-0.4, -0.2) is 332 Å². The highest BCUT2D eigenvalue weighted by Crippen LogP contribution is 2.31. The lowest BCUT2D eigenvalue weighted by Gasteiger charge is -2.37. The molecule has 0 spiro atoms. The van der Waals surface area contributed by atoms with Gasteiger partial charge in [0.2, 0.25) is 0 Å². The third-order valence-electron chi connectivity index (χ3n) is 23.1. The molecule has 9 unspecified atom stereocenters. The first-order valence-corrected chi connectivity index (χ1v) is 47.1. The zero-order chi connectivity index (χ0) is 88.7. The number of ether oxygens (including phenoxy) is 7. The van der Waals surface area contributed by atoms with Gasteiger partial charge in [0.05, 0.1) is 84.4 Å². The summed E-state index contributed by atoms with van der Waals surface area (Å²) in [5.74, 6) is 5.08. The van der Waals surface area contributed by atoms with E-state index >= 15 is 0 Å². The maximum Gasteiger partial charge on any atom is 0.0788 e. The van der Waals surface area contributed by atoms with Crippen molar-refractivity contribution >= 4 is 0 Å². The maximum atomic E-state index is 9.84. The molecule has 18 heteroatoms. The van der Waals surface area contributed by atoms with Crippen LogP contribution in [-0.2, 0) is 33.2 Å². The summed E-state index contributed by atoms with van der Waals surface area (Å²) in [6.07, 6.45) is 24.9. The molecule has 9 saturated heterocycles. The summed E-state index contributed by atoms with van der Waals surface area (Å²) in [6, 6.07) is 2.02. The van der Waals surface area contributed by atoms with E-state index in [4.69, 9.17) is 33.2 Å². The van der Waals surface area contributed by atoms with E-state index in [0.29, 0.717) is 42.0 Å². The Morgan fingerprint density at radius 1 is 0.254 bits per heavy atom. The van der Waals surface area contributed by atoms with Gasteiger partial charge in [-0.3, -0.25) is 0 Å². The molecule has 9 rings (SSSR count).